The summed E-state index contributed by atoms with van der Waals surface area (Å²) in [6, 6.07) is 0. The molecule has 2 N–H and O–H groups in total. The number of amides is 1. The summed E-state index contributed by atoms with van der Waals surface area (Å²) in [6.07, 6.45) is 1.15. The van der Waals surface area contributed by atoms with Gasteiger partial charge in [0.05, 0.1) is 26.4 Å². The van der Waals surface area contributed by atoms with Crippen molar-refractivity contribution < 1.29 is 14.3 Å². The molecule has 1 unspecified atom stereocenters. The Morgan fingerprint density at radius 3 is 2.90 bits per heavy atom. The Kier molecular flexibility index (Phi) is 7.25. The molecule has 0 radical (unpaired) electrons. The maximum Gasteiger partial charge on any atom is 0.234 e. The largest absolute Gasteiger partial charge is 0.383 e. The molecule has 7 heteroatoms. The van der Waals surface area contributed by atoms with Gasteiger partial charge in [0, 0.05) is 44.6 Å². The summed E-state index contributed by atoms with van der Waals surface area (Å²) in [5, 5.41) is 6.18. The summed E-state index contributed by atoms with van der Waals surface area (Å²) in [4.78, 5) is 14.4. The topological polar surface area (TPSA) is 62.8 Å². The predicted octanol–water partition coefficient (Wildman–Crippen LogP) is -0.453. The fourth-order valence-corrected chi connectivity index (χ4v) is 4.31. The lowest BCUT2D eigenvalue weighted by atomic mass is 9.95. The maximum atomic E-state index is 11.9. The van der Waals surface area contributed by atoms with E-state index in [4.69, 9.17) is 9.47 Å². The molecule has 0 bridgehead atoms. The SMILES string of the molecule is COCCNCC(=O)NCC1(N2CCOCC2)CCSC1. The first-order valence-corrected chi connectivity index (χ1v) is 8.79. The van der Waals surface area contributed by atoms with Gasteiger partial charge in [-0.2, -0.15) is 11.8 Å². The molecule has 2 rings (SSSR count). The van der Waals surface area contributed by atoms with Crippen molar-refractivity contribution in [2.75, 3.05) is 71.2 Å². The number of nitrogens with one attached hydrogen (secondary N) is 2. The third-order valence-corrected chi connectivity index (χ3v) is 5.38. The third kappa shape index (κ3) is 5.10. The second kappa shape index (κ2) is 8.95. The monoisotopic (exact) mass is 317 g/mol. The Balaban J connectivity index is 1.76. The van der Waals surface area contributed by atoms with Gasteiger partial charge in [0.2, 0.25) is 5.91 Å². The van der Waals surface area contributed by atoms with Gasteiger partial charge in [-0.1, -0.05) is 0 Å². The molecule has 0 aromatic heterocycles. The molecule has 0 saturated carbocycles. The number of carbonyl (C=O) groups is 1. The van der Waals surface area contributed by atoms with Gasteiger partial charge in [0.15, 0.2) is 0 Å². The zero-order valence-electron chi connectivity index (χ0n) is 12.9. The molecule has 2 heterocycles. The molecule has 2 fully saturated rings. The number of nitrogens with zero attached hydrogens (tertiary/aromatic N) is 1. The number of hydrogen-bond acceptors (Lipinski definition) is 6. The Morgan fingerprint density at radius 2 is 2.24 bits per heavy atom. The molecule has 0 aliphatic carbocycles. The Labute approximate surface area is 131 Å². The van der Waals surface area contributed by atoms with E-state index < -0.39 is 0 Å². The number of ether oxygens (including phenoxy) is 2. The average Bonchev–Trinajstić information content (AvgIpc) is 3.01. The second-order valence-corrected chi connectivity index (χ2v) is 6.68. The molecule has 2 saturated heterocycles. The fraction of sp³-hybridized carbons (Fsp3) is 0.929. The number of thioether (sulfide) groups is 1. The van der Waals surface area contributed by atoms with Crippen LogP contribution in [0.3, 0.4) is 0 Å². The lowest BCUT2D eigenvalue weighted by Gasteiger charge is -2.43. The van der Waals surface area contributed by atoms with Crippen molar-refractivity contribution in [1.29, 1.82) is 0 Å². The van der Waals surface area contributed by atoms with Crippen molar-refractivity contribution in [2.45, 2.75) is 12.0 Å². The summed E-state index contributed by atoms with van der Waals surface area (Å²) in [7, 11) is 1.66. The number of rotatable bonds is 8. The van der Waals surface area contributed by atoms with Crippen molar-refractivity contribution in [3.63, 3.8) is 0 Å². The lowest BCUT2D eigenvalue weighted by Crippen LogP contribution is -2.59. The fourth-order valence-electron chi connectivity index (χ4n) is 2.84. The number of morpholine rings is 1. The molecule has 1 atom stereocenters. The van der Waals surface area contributed by atoms with Crippen LogP contribution in [0.25, 0.3) is 0 Å². The average molecular weight is 317 g/mol. The van der Waals surface area contributed by atoms with E-state index in [0.717, 1.165) is 45.0 Å². The van der Waals surface area contributed by atoms with Crippen LogP contribution >= 0.6 is 11.8 Å². The van der Waals surface area contributed by atoms with E-state index >= 15 is 0 Å². The first kappa shape index (κ1) is 17.0. The minimum Gasteiger partial charge on any atom is -0.383 e. The van der Waals surface area contributed by atoms with Gasteiger partial charge in [-0.15, -0.1) is 0 Å². The molecule has 6 nitrogen and oxygen atoms in total. The van der Waals surface area contributed by atoms with Crippen LogP contribution in [0.4, 0.5) is 0 Å². The van der Waals surface area contributed by atoms with Gasteiger partial charge in [0.25, 0.3) is 0 Å². The highest BCUT2D eigenvalue weighted by Gasteiger charge is 2.40. The Bertz CT molecular complexity index is 319. The summed E-state index contributed by atoms with van der Waals surface area (Å²) in [5.41, 5.74) is 0.122. The zero-order valence-corrected chi connectivity index (χ0v) is 13.7. The van der Waals surface area contributed by atoms with Crippen molar-refractivity contribution in [3.05, 3.63) is 0 Å². The van der Waals surface area contributed by atoms with Gasteiger partial charge in [0.1, 0.15) is 0 Å². The van der Waals surface area contributed by atoms with Crippen LogP contribution in [-0.4, -0.2) is 87.5 Å². The molecule has 2 aliphatic heterocycles. The van der Waals surface area contributed by atoms with E-state index in [1.807, 2.05) is 11.8 Å². The van der Waals surface area contributed by atoms with Crippen LogP contribution in [0, 0.1) is 0 Å². The van der Waals surface area contributed by atoms with E-state index in [1.165, 1.54) is 5.75 Å². The van der Waals surface area contributed by atoms with E-state index in [0.29, 0.717) is 19.7 Å². The first-order chi connectivity index (χ1) is 10.3. The molecule has 1 amide bonds. The van der Waals surface area contributed by atoms with Crippen LogP contribution in [0.5, 0.6) is 0 Å². The summed E-state index contributed by atoms with van der Waals surface area (Å²) >= 11 is 1.98. The van der Waals surface area contributed by atoms with E-state index in [1.54, 1.807) is 7.11 Å². The molecular weight excluding hydrogens is 290 g/mol. The molecule has 0 aromatic rings. The minimum atomic E-state index is 0.0654. The summed E-state index contributed by atoms with van der Waals surface area (Å²) in [6.45, 7) is 5.99. The van der Waals surface area contributed by atoms with Crippen LogP contribution in [0.15, 0.2) is 0 Å². The lowest BCUT2D eigenvalue weighted by molar-refractivity contribution is -0.121. The van der Waals surface area contributed by atoms with Gasteiger partial charge in [-0.05, 0) is 12.2 Å². The van der Waals surface area contributed by atoms with E-state index in [-0.39, 0.29) is 11.4 Å². The van der Waals surface area contributed by atoms with E-state index in [2.05, 4.69) is 15.5 Å². The van der Waals surface area contributed by atoms with Gasteiger partial charge >= 0.3 is 0 Å². The van der Waals surface area contributed by atoms with Crippen molar-refractivity contribution >= 4 is 17.7 Å². The third-order valence-electron chi connectivity index (χ3n) is 4.15. The molecule has 0 spiro atoms. The van der Waals surface area contributed by atoms with Crippen molar-refractivity contribution in [3.8, 4) is 0 Å². The smallest absolute Gasteiger partial charge is 0.234 e. The number of hydrogen-bond donors (Lipinski definition) is 2. The first-order valence-electron chi connectivity index (χ1n) is 7.64. The Hall–Kier alpha value is -0.340. The normalized spacial score (nSPS) is 26.9. The molecule has 0 aromatic carbocycles. The summed E-state index contributed by atoms with van der Waals surface area (Å²) < 4.78 is 10.4. The van der Waals surface area contributed by atoms with Gasteiger partial charge in [-0.3, -0.25) is 9.69 Å². The highest BCUT2D eigenvalue weighted by molar-refractivity contribution is 7.99. The van der Waals surface area contributed by atoms with Crippen LogP contribution in [0.1, 0.15) is 6.42 Å². The molecule has 122 valence electrons. The highest BCUT2D eigenvalue weighted by atomic mass is 32.2. The second-order valence-electron chi connectivity index (χ2n) is 5.57. The molecular formula is C14H27N3O3S. The van der Waals surface area contributed by atoms with E-state index in [9.17, 15) is 4.79 Å². The predicted molar refractivity (Wildman–Crippen MR) is 84.8 cm³/mol. The van der Waals surface area contributed by atoms with Gasteiger partial charge in [-0.25, -0.2) is 0 Å². The highest BCUT2D eigenvalue weighted by Crippen LogP contribution is 2.33. The van der Waals surface area contributed by atoms with Gasteiger partial charge < -0.3 is 20.1 Å². The molecule has 21 heavy (non-hydrogen) atoms. The zero-order chi connectivity index (χ0) is 15.0. The van der Waals surface area contributed by atoms with Crippen molar-refractivity contribution in [2.24, 2.45) is 0 Å². The van der Waals surface area contributed by atoms with Crippen molar-refractivity contribution in [1.82, 2.24) is 15.5 Å². The minimum absolute atomic E-state index is 0.0654. The Morgan fingerprint density at radius 1 is 1.43 bits per heavy atom. The quantitative estimate of drug-likeness (QED) is 0.591. The standard InChI is InChI=1S/C14H27N3O3S/c1-19-6-3-15-10-13(18)16-11-14(2-9-21-12-14)17-4-7-20-8-5-17/h15H,2-12H2,1H3,(H,16,18). The number of carbonyl (C=O) groups excluding carboxylic acids is 1. The number of methoxy groups -OCH3 is 1. The van der Waals surface area contributed by atoms with Crippen LogP contribution < -0.4 is 10.6 Å². The summed E-state index contributed by atoms with van der Waals surface area (Å²) in [5.74, 6) is 2.35. The maximum absolute atomic E-state index is 11.9. The molecule has 2 aliphatic rings. The van der Waals surface area contributed by atoms with Crippen LogP contribution in [0.2, 0.25) is 0 Å². The van der Waals surface area contributed by atoms with Crippen LogP contribution in [-0.2, 0) is 14.3 Å².